The molecular formula is C13H11BrFIO2S. The van der Waals surface area contributed by atoms with Crippen LogP contribution in [0.15, 0.2) is 23.6 Å². The summed E-state index contributed by atoms with van der Waals surface area (Å²) in [4.78, 5) is -0.202. The average molecular weight is 457 g/mol. The van der Waals surface area contributed by atoms with Gasteiger partial charge in [-0.3, -0.25) is 0 Å². The third-order valence-electron chi connectivity index (χ3n) is 2.66. The maximum absolute atomic E-state index is 14.1. The summed E-state index contributed by atoms with van der Waals surface area (Å²) in [6.45, 7) is 0. The van der Waals surface area contributed by atoms with Gasteiger partial charge in [-0.15, -0.1) is 11.3 Å². The van der Waals surface area contributed by atoms with E-state index in [1.165, 1.54) is 20.3 Å². The lowest BCUT2D eigenvalue weighted by Gasteiger charge is -2.14. The summed E-state index contributed by atoms with van der Waals surface area (Å²) >= 11 is 7.41. The normalized spacial score (nSPS) is 12.3. The second kappa shape index (κ2) is 6.41. The molecule has 0 fully saturated rings. The van der Waals surface area contributed by atoms with Crippen LogP contribution in [0.3, 0.4) is 0 Å². The van der Waals surface area contributed by atoms with Crippen molar-refractivity contribution in [2.24, 2.45) is 0 Å². The molecule has 0 N–H and O–H groups in total. The van der Waals surface area contributed by atoms with E-state index in [4.69, 9.17) is 9.47 Å². The monoisotopic (exact) mass is 456 g/mol. The van der Waals surface area contributed by atoms with Gasteiger partial charge in [0.15, 0.2) is 11.5 Å². The number of alkyl halides is 1. The summed E-state index contributed by atoms with van der Waals surface area (Å²) in [5.74, 6) is 0.595. The van der Waals surface area contributed by atoms with E-state index < -0.39 is 0 Å². The minimum absolute atomic E-state index is 0.202. The van der Waals surface area contributed by atoms with Crippen molar-refractivity contribution in [3.8, 4) is 11.5 Å². The number of hydrogen-bond donors (Lipinski definition) is 0. The van der Waals surface area contributed by atoms with Crippen LogP contribution in [0.25, 0.3) is 0 Å². The van der Waals surface area contributed by atoms with Crippen molar-refractivity contribution in [1.82, 2.24) is 0 Å². The topological polar surface area (TPSA) is 18.5 Å². The van der Waals surface area contributed by atoms with Crippen molar-refractivity contribution in [1.29, 1.82) is 0 Å². The number of ether oxygens (including phenoxy) is 2. The molecule has 2 nitrogen and oxygen atoms in total. The maximum atomic E-state index is 14.1. The molecule has 19 heavy (non-hydrogen) atoms. The van der Waals surface area contributed by atoms with Gasteiger partial charge in [-0.1, -0.05) is 15.9 Å². The second-order valence-electron chi connectivity index (χ2n) is 3.78. The standard InChI is InChI=1S/C13H11BrFIO2S/c1-17-10-4-8(9(15)5-11(10)18-2)13(14)7-3-12(16)19-6-7/h3-6,13H,1-2H3. The predicted molar refractivity (Wildman–Crippen MR) is 87.3 cm³/mol. The zero-order valence-corrected chi connectivity index (χ0v) is 14.8. The minimum atomic E-state index is -0.319. The SMILES string of the molecule is COc1cc(F)c(C(Br)c2csc(I)c2)cc1OC. The molecule has 0 aliphatic rings. The third-order valence-corrected chi connectivity index (χ3v) is 5.49. The maximum Gasteiger partial charge on any atom is 0.163 e. The van der Waals surface area contributed by atoms with Gasteiger partial charge in [-0.25, -0.2) is 4.39 Å². The van der Waals surface area contributed by atoms with Gasteiger partial charge in [0.05, 0.1) is 21.9 Å². The van der Waals surface area contributed by atoms with Crippen LogP contribution >= 0.6 is 49.9 Å². The van der Waals surface area contributed by atoms with Crippen molar-refractivity contribution in [2.45, 2.75) is 4.83 Å². The summed E-state index contributed by atoms with van der Waals surface area (Å²) in [6, 6.07) is 5.04. The molecule has 1 atom stereocenters. The molecule has 0 radical (unpaired) electrons. The number of methoxy groups -OCH3 is 2. The van der Waals surface area contributed by atoms with Gasteiger partial charge in [-0.2, -0.15) is 0 Å². The molecule has 1 heterocycles. The smallest absolute Gasteiger partial charge is 0.163 e. The molecule has 6 heteroatoms. The molecule has 0 amide bonds. The fourth-order valence-corrected chi connectivity index (χ4v) is 3.89. The quantitative estimate of drug-likeness (QED) is 0.476. The van der Waals surface area contributed by atoms with Crippen molar-refractivity contribution < 1.29 is 13.9 Å². The van der Waals surface area contributed by atoms with Crippen LogP contribution in [0.4, 0.5) is 4.39 Å². The highest BCUT2D eigenvalue weighted by Crippen LogP contribution is 2.39. The summed E-state index contributed by atoms with van der Waals surface area (Å²) < 4.78 is 25.6. The molecule has 1 unspecified atom stereocenters. The molecule has 2 aromatic rings. The molecule has 1 aromatic carbocycles. The molecule has 0 aliphatic heterocycles. The lowest BCUT2D eigenvalue weighted by atomic mass is 10.1. The van der Waals surface area contributed by atoms with E-state index in [1.54, 1.807) is 17.4 Å². The van der Waals surface area contributed by atoms with Gasteiger partial charge in [0.25, 0.3) is 0 Å². The molecule has 1 aromatic heterocycles. The van der Waals surface area contributed by atoms with E-state index in [2.05, 4.69) is 38.5 Å². The molecule has 102 valence electrons. The van der Waals surface area contributed by atoms with Crippen molar-refractivity contribution in [3.63, 3.8) is 0 Å². The first-order valence-electron chi connectivity index (χ1n) is 5.36. The molecular weight excluding hydrogens is 446 g/mol. The van der Waals surface area contributed by atoms with Gasteiger partial charge < -0.3 is 9.47 Å². The predicted octanol–water partition coefficient (Wildman–Crippen LogP) is 4.99. The van der Waals surface area contributed by atoms with Crippen LogP contribution in [0.1, 0.15) is 16.0 Å². The Morgan fingerprint density at radius 2 is 1.84 bits per heavy atom. The van der Waals surface area contributed by atoms with Gasteiger partial charge in [-0.05, 0) is 45.7 Å². The lowest BCUT2D eigenvalue weighted by molar-refractivity contribution is 0.351. The fraction of sp³-hybridized carbons (Fsp3) is 0.231. The Morgan fingerprint density at radius 3 is 2.37 bits per heavy atom. The largest absolute Gasteiger partial charge is 0.493 e. The van der Waals surface area contributed by atoms with Crippen molar-refractivity contribution in [3.05, 3.63) is 43.4 Å². The first kappa shape index (κ1) is 15.1. The Bertz CT molecular complexity index is 588. The van der Waals surface area contributed by atoms with Crippen LogP contribution in [-0.4, -0.2) is 14.2 Å². The second-order valence-corrected chi connectivity index (χ2v) is 7.50. The van der Waals surface area contributed by atoms with E-state index >= 15 is 0 Å². The van der Waals surface area contributed by atoms with Gasteiger partial charge in [0, 0.05) is 11.6 Å². The molecule has 0 saturated carbocycles. The molecule has 0 aliphatic carbocycles. The molecule has 0 saturated heterocycles. The number of halogens is 3. The third kappa shape index (κ3) is 3.22. The summed E-state index contributed by atoms with van der Waals surface area (Å²) in [5.41, 5.74) is 1.56. The van der Waals surface area contributed by atoms with Crippen LogP contribution in [0.2, 0.25) is 0 Å². The number of rotatable bonds is 4. The Kier molecular flexibility index (Phi) is 5.08. The Balaban J connectivity index is 2.44. The van der Waals surface area contributed by atoms with Crippen LogP contribution < -0.4 is 9.47 Å². The zero-order valence-electron chi connectivity index (χ0n) is 10.2. The molecule has 0 bridgehead atoms. The summed E-state index contributed by atoms with van der Waals surface area (Å²) in [7, 11) is 3.03. The van der Waals surface area contributed by atoms with Crippen molar-refractivity contribution in [2.75, 3.05) is 14.2 Å². The first-order chi connectivity index (χ1) is 9.06. The highest BCUT2D eigenvalue weighted by molar-refractivity contribution is 14.1. The zero-order chi connectivity index (χ0) is 14.0. The minimum Gasteiger partial charge on any atom is -0.493 e. The Hall–Kier alpha value is -0.340. The van der Waals surface area contributed by atoms with Crippen LogP contribution in [-0.2, 0) is 0 Å². The highest BCUT2D eigenvalue weighted by Gasteiger charge is 2.19. The summed E-state index contributed by atoms with van der Waals surface area (Å²) in [6.07, 6.45) is 0. The number of thiophene rings is 1. The van der Waals surface area contributed by atoms with Crippen molar-refractivity contribution >= 4 is 49.9 Å². The first-order valence-corrected chi connectivity index (χ1v) is 8.23. The van der Waals surface area contributed by atoms with Crippen LogP contribution in [0.5, 0.6) is 11.5 Å². The summed E-state index contributed by atoms with van der Waals surface area (Å²) in [5, 5.41) is 2.01. The average Bonchev–Trinajstić information content (AvgIpc) is 2.84. The Labute approximate surface area is 137 Å². The van der Waals surface area contributed by atoms with E-state index in [0.29, 0.717) is 17.1 Å². The van der Waals surface area contributed by atoms with E-state index in [0.717, 1.165) is 8.45 Å². The fourth-order valence-electron chi connectivity index (χ4n) is 1.70. The van der Waals surface area contributed by atoms with E-state index in [9.17, 15) is 4.39 Å². The highest BCUT2D eigenvalue weighted by atomic mass is 127. The molecule has 0 spiro atoms. The van der Waals surface area contributed by atoms with Gasteiger partial charge in [0.1, 0.15) is 5.82 Å². The van der Waals surface area contributed by atoms with E-state index in [1.807, 2.05) is 11.4 Å². The Morgan fingerprint density at radius 1 is 1.21 bits per heavy atom. The van der Waals surface area contributed by atoms with E-state index in [-0.39, 0.29) is 10.6 Å². The van der Waals surface area contributed by atoms with Crippen LogP contribution in [0, 0.1) is 8.70 Å². The lowest BCUT2D eigenvalue weighted by Crippen LogP contribution is -1.99. The van der Waals surface area contributed by atoms with Gasteiger partial charge in [0.2, 0.25) is 0 Å². The number of benzene rings is 1. The van der Waals surface area contributed by atoms with Gasteiger partial charge >= 0.3 is 0 Å². The number of hydrogen-bond acceptors (Lipinski definition) is 3. The molecule has 2 rings (SSSR count).